The van der Waals surface area contributed by atoms with E-state index in [9.17, 15) is 5.11 Å². The Morgan fingerprint density at radius 3 is 2.17 bits per heavy atom. The molecule has 0 unspecified atom stereocenters. The van der Waals surface area contributed by atoms with Crippen LogP contribution in [-0.4, -0.2) is 11.3 Å². The lowest BCUT2D eigenvalue weighted by Gasteiger charge is -2.00. The van der Waals surface area contributed by atoms with Crippen molar-refractivity contribution >= 4 is 23.3 Å². The molecule has 4 heteroatoms. The van der Waals surface area contributed by atoms with Crippen LogP contribution in [0.15, 0.2) is 88.0 Å². The van der Waals surface area contributed by atoms with E-state index in [2.05, 4.69) is 15.2 Å². The highest BCUT2D eigenvalue weighted by Crippen LogP contribution is 2.24. The Hall–Kier alpha value is -3.27. The predicted molar refractivity (Wildman–Crippen MR) is 97.2 cm³/mol. The third-order valence-electron chi connectivity index (χ3n) is 3.43. The molecule has 0 atom stereocenters. The standard InChI is InChI=1S/C20H17N3O/c1-15-7-9-18(10-8-15)22-23-19-11-12-20(24)16(13-19)14-21-17-5-3-2-4-6-17/h2-14,24H,1H3. The van der Waals surface area contributed by atoms with Gasteiger partial charge in [0.25, 0.3) is 0 Å². The summed E-state index contributed by atoms with van der Waals surface area (Å²) in [5.74, 6) is 0.156. The molecule has 3 rings (SSSR count). The molecule has 3 aromatic carbocycles. The van der Waals surface area contributed by atoms with Gasteiger partial charge in [-0.15, -0.1) is 0 Å². The fourth-order valence-corrected chi connectivity index (χ4v) is 2.09. The maximum Gasteiger partial charge on any atom is 0.124 e. The normalized spacial score (nSPS) is 11.4. The largest absolute Gasteiger partial charge is 0.507 e. The van der Waals surface area contributed by atoms with Crippen LogP contribution in [0, 0.1) is 6.92 Å². The lowest BCUT2D eigenvalue weighted by Crippen LogP contribution is -1.81. The molecule has 0 fully saturated rings. The zero-order valence-electron chi connectivity index (χ0n) is 13.3. The fraction of sp³-hybridized carbons (Fsp3) is 0.0500. The highest BCUT2D eigenvalue weighted by atomic mass is 16.3. The Morgan fingerprint density at radius 2 is 1.42 bits per heavy atom. The molecule has 0 bridgehead atoms. The average molecular weight is 315 g/mol. The van der Waals surface area contributed by atoms with Crippen molar-refractivity contribution in [3.05, 3.63) is 83.9 Å². The van der Waals surface area contributed by atoms with Gasteiger partial charge in [0.2, 0.25) is 0 Å². The molecule has 0 aliphatic carbocycles. The Morgan fingerprint density at radius 1 is 0.750 bits per heavy atom. The zero-order chi connectivity index (χ0) is 16.8. The number of rotatable bonds is 4. The molecule has 1 N–H and O–H groups in total. The Balaban J connectivity index is 1.81. The summed E-state index contributed by atoms with van der Waals surface area (Å²) in [5, 5.41) is 18.4. The van der Waals surface area contributed by atoms with Gasteiger partial charge >= 0.3 is 0 Å². The van der Waals surface area contributed by atoms with Gasteiger partial charge in [0.1, 0.15) is 5.75 Å². The van der Waals surface area contributed by atoms with Crippen molar-refractivity contribution in [2.75, 3.05) is 0 Å². The number of phenolic OH excluding ortho intramolecular Hbond substituents is 1. The highest BCUT2D eigenvalue weighted by molar-refractivity contribution is 5.86. The first kappa shape index (κ1) is 15.6. The summed E-state index contributed by atoms with van der Waals surface area (Å²) in [4.78, 5) is 4.35. The molecule has 0 saturated heterocycles. The summed E-state index contributed by atoms with van der Waals surface area (Å²) in [6, 6.07) is 22.4. The molecule has 0 aliphatic heterocycles. The van der Waals surface area contributed by atoms with E-state index < -0.39 is 0 Å². The molecule has 118 valence electrons. The monoisotopic (exact) mass is 315 g/mol. The van der Waals surface area contributed by atoms with Gasteiger partial charge in [-0.25, -0.2) is 0 Å². The van der Waals surface area contributed by atoms with Gasteiger partial charge in [0.05, 0.1) is 17.1 Å². The van der Waals surface area contributed by atoms with Gasteiger partial charge < -0.3 is 5.11 Å². The first-order valence-electron chi connectivity index (χ1n) is 7.61. The fourth-order valence-electron chi connectivity index (χ4n) is 2.09. The van der Waals surface area contributed by atoms with E-state index in [4.69, 9.17) is 0 Å². The van der Waals surface area contributed by atoms with Crippen LogP contribution < -0.4 is 0 Å². The Bertz CT molecular complexity index is 869. The van der Waals surface area contributed by atoms with Crippen LogP contribution in [0.2, 0.25) is 0 Å². The SMILES string of the molecule is Cc1ccc(N=Nc2ccc(O)c(C=Nc3ccccc3)c2)cc1. The number of aliphatic imine (C=N–C) groups is 1. The second kappa shape index (κ2) is 7.33. The van der Waals surface area contributed by atoms with Crippen molar-refractivity contribution in [3.8, 4) is 5.75 Å². The van der Waals surface area contributed by atoms with Gasteiger partial charge in [0, 0.05) is 11.8 Å². The minimum absolute atomic E-state index is 0.156. The average Bonchev–Trinajstić information content (AvgIpc) is 2.62. The van der Waals surface area contributed by atoms with Crippen molar-refractivity contribution in [1.82, 2.24) is 0 Å². The summed E-state index contributed by atoms with van der Waals surface area (Å²) in [7, 11) is 0. The molecule has 4 nitrogen and oxygen atoms in total. The van der Waals surface area contributed by atoms with E-state index in [0.717, 1.165) is 11.4 Å². The maximum absolute atomic E-state index is 9.97. The number of hydrogen-bond donors (Lipinski definition) is 1. The predicted octanol–water partition coefficient (Wildman–Crippen LogP) is 5.87. The number of para-hydroxylation sites is 1. The van der Waals surface area contributed by atoms with Crippen molar-refractivity contribution in [2.45, 2.75) is 6.92 Å². The smallest absolute Gasteiger partial charge is 0.124 e. The van der Waals surface area contributed by atoms with Crippen molar-refractivity contribution in [1.29, 1.82) is 0 Å². The van der Waals surface area contributed by atoms with E-state index in [1.54, 1.807) is 24.4 Å². The van der Waals surface area contributed by atoms with Crippen LogP contribution in [0.4, 0.5) is 17.1 Å². The molecule has 24 heavy (non-hydrogen) atoms. The highest BCUT2D eigenvalue weighted by Gasteiger charge is 2.00. The summed E-state index contributed by atoms with van der Waals surface area (Å²) >= 11 is 0. The van der Waals surface area contributed by atoms with Gasteiger partial charge in [0.15, 0.2) is 0 Å². The van der Waals surface area contributed by atoms with E-state index in [0.29, 0.717) is 11.3 Å². The quantitative estimate of drug-likeness (QED) is 0.475. The Labute approximate surface area is 140 Å². The molecular weight excluding hydrogens is 298 g/mol. The number of hydrogen-bond acceptors (Lipinski definition) is 4. The summed E-state index contributed by atoms with van der Waals surface area (Å²) in [6.07, 6.45) is 1.62. The van der Waals surface area contributed by atoms with Crippen LogP contribution in [0.3, 0.4) is 0 Å². The van der Waals surface area contributed by atoms with E-state index in [1.165, 1.54) is 5.56 Å². The maximum atomic E-state index is 9.97. The summed E-state index contributed by atoms with van der Waals surface area (Å²) in [5.41, 5.74) is 4.04. The number of azo groups is 1. The van der Waals surface area contributed by atoms with E-state index in [1.807, 2.05) is 61.5 Å². The number of aryl methyl sites for hydroxylation is 1. The first-order chi connectivity index (χ1) is 11.7. The minimum atomic E-state index is 0.156. The second-order valence-electron chi connectivity index (χ2n) is 5.37. The van der Waals surface area contributed by atoms with Gasteiger partial charge in [-0.3, -0.25) is 4.99 Å². The topological polar surface area (TPSA) is 57.3 Å². The van der Waals surface area contributed by atoms with Crippen molar-refractivity contribution < 1.29 is 5.11 Å². The molecule has 0 spiro atoms. The first-order valence-corrected chi connectivity index (χ1v) is 7.61. The van der Waals surface area contributed by atoms with Crippen LogP contribution in [0.5, 0.6) is 5.75 Å². The molecule has 0 radical (unpaired) electrons. The van der Waals surface area contributed by atoms with Gasteiger partial charge in [-0.2, -0.15) is 10.2 Å². The number of aromatic hydroxyl groups is 1. The van der Waals surface area contributed by atoms with Gasteiger partial charge in [-0.1, -0.05) is 35.9 Å². The van der Waals surface area contributed by atoms with Crippen molar-refractivity contribution in [2.24, 2.45) is 15.2 Å². The van der Waals surface area contributed by atoms with E-state index >= 15 is 0 Å². The number of benzene rings is 3. The number of nitrogens with zero attached hydrogens (tertiary/aromatic N) is 3. The third-order valence-corrected chi connectivity index (χ3v) is 3.43. The lowest BCUT2D eigenvalue weighted by molar-refractivity contribution is 0.474. The van der Waals surface area contributed by atoms with Crippen LogP contribution in [0.25, 0.3) is 0 Å². The third kappa shape index (κ3) is 4.14. The molecular formula is C20H17N3O. The van der Waals surface area contributed by atoms with Crippen LogP contribution in [0.1, 0.15) is 11.1 Å². The van der Waals surface area contributed by atoms with Crippen molar-refractivity contribution in [3.63, 3.8) is 0 Å². The van der Waals surface area contributed by atoms with Gasteiger partial charge in [-0.05, 0) is 49.4 Å². The molecule has 0 aromatic heterocycles. The minimum Gasteiger partial charge on any atom is -0.507 e. The summed E-state index contributed by atoms with van der Waals surface area (Å²) < 4.78 is 0. The molecule has 3 aromatic rings. The molecule has 0 heterocycles. The van der Waals surface area contributed by atoms with Crippen LogP contribution in [-0.2, 0) is 0 Å². The zero-order valence-corrected chi connectivity index (χ0v) is 13.3. The summed E-state index contributed by atoms with van der Waals surface area (Å²) in [6.45, 7) is 2.03. The Kier molecular flexibility index (Phi) is 4.77. The van der Waals surface area contributed by atoms with Crippen LogP contribution >= 0.6 is 0 Å². The second-order valence-corrected chi connectivity index (χ2v) is 5.37. The molecule has 0 aliphatic rings. The molecule has 0 saturated carbocycles. The number of phenols is 1. The molecule has 0 amide bonds. The lowest BCUT2D eigenvalue weighted by atomic mass is 10.2. The van der Waals surface area contributed by atoms with E-state index in [-0.39, 0.29) is 5.75 Å².